The summed E-state index contributed by atoms with van der Waals surface area (Å²) in [6.07, 6.45) is 1.79. The molecular formula is C15H19N3O. The third kappa shape index (κ3) is 3.16. The topological polar surface area (TPSA) is 37.4 Å². The van der Waals surface area contributed by atoms with Crippen LogP contribution in [0.25, 0.3) is 0 Å². The Labute approximate surface area is 114 Å². The fourth-order valence-corrected chi connectivity index (χ4v) is 1.99. The summed E-state index contributed by atoms with van der Waals surface area (Å²) in [7, 11) is 5.62. The second-order valence-electron chi connectivity index (χ2n) is 4.32. The summed E-state index contributed by atoms with van der Waals surface area (Å²) < 4.78 is 5.25. The Morgan fingerprint density at radius 2 is 2.11 bits per heavy atom. The molecule has 0 saturated carbocycles. The number of hydrogen-bond donors (Lipinski definition) is 1. The molecule has 0 bridgehead atoms. The average Bonchev–Trinajstić information content (AvgIpc) is 2.47. The summed E-state index contributed by atoms with van der Waals surface area (Å²) in [5, 5.41) is 3.11. The molecule has 100 valence electrons. The first-order valence-corrected chi connectivity index (χ1v) is 6.21. The average molecular weight is 257 g/mol. The van der Waals surface area contributed by atoms with E-state index < -0.39 is 0 Å². The smallest absolute Gasteiger partial charge is 0.130 e. The van der Waals surface area contributed by atoms with Crippen molar-refractivity contribution in [2.24, 2.45) is 0 Å². The van der Waals surface area contributed by atoms with Gasteiger partial charge in [0, 0.05) is 44.2 Å². The second kappa shape index (κ2) is 6.09. The summed E-state index contributed by atoms with van der Waals surface area (Å²) >= 11 is 0. The van der Waals surface area contributed by atoms with E-state index in [9.17, 15) is 0 Å². The molecule has 0 aliphatic heterocycles. The lowest BCUT2D eigenvalue weighted by atomic mass is 10.2. The van der Waals surface area contributed by atoms with Gasteiger partial charge in [-0.05, 0) is 18.2 Å². The summed E-state index contributed by atoms with van der Waals surface area (Å²) in [5.41, 5.74) is 2.28. The quantitative estimate of drug-likeness (QED) is 0.893. The van der Waals surface area contributed by atoms with Gasteiger partial charge in [-0.15, -0.1) is 0 Å². The van der Waals surface area contributed by atoms with Crippen LogP contribution in [0.15, 0.2) is 42.6 Å². The molecule has 0 amide bonds. The van der Waals surface area contributed by atoms with Gasteiger partial charge < -0.3 is 15.0 Å². The highest BCUT2D eigenvalue weighted by Gasteiger charge is 2.07. The zero-order valence-corrected chi connectivity index (χ0v) is 11.6. The van der Waals surface area contributed by atoms with Gasteiger partial charge in [-0.1, -0.05) is 12.1 Å². The molecular weight excluding hydrogens is 238 g/mol. The minimum atomic E-state index is 0.789. The normalized spacial score (nSPS) is 10.1. The van der Waals surface area contributed by atoms with Crippen LogP contribution in [0.5, 0.6) is 5.75 Å². The standard InChI is InChI=1S/C15H19N3O/c1-16-15-12(6-5-9-17-15)11-18(2)13-7-4-8-14(10-13)19-3/h4-10H,11H2,1-3H3,(H,16,17). The summed E-state index contributed by atoms with van der Waals surface area (Å²) in [6.45, 7) is 0.789. The highest BCUT2D eigenvalue weighted by molar-refractivity contribution is 5.52. The van der Waals surface area contributed by atoms with Crippen LogP contribution in [0.3, 0.4) is 0 Å². The van der Waals surface area contributed by atoms with Crippen molar-refractivity contribution in [2.45, 2.75) is 6.54 Å². The van der Waals surface area contributed by atoms with Gasteiger partial charge in [0.25, 0.3) is 0 Å². The molecule has 0 aliphatic rings. The number of nitrogens with one attached hydrogen (secondary N) is 1. The van der Waals surface area contributed by atoms with E-state index in [1.165, 1.54) is 0 Å². The minimum Gasteiger partial charge on any atom is -0.497 e. The number of hydrogen-bond acceptors (Lipinski definition) is 4. The molecule has 0 radical (unpaired) electrons. The van der Waals surface area contributed by atoms with Crippen LogP contribution < -0.4 is 15.0 Å². The van der Waals surface area contributed by atoms with E-state index in [4.69, 9.17) is 4.74 Å². The Hall–Kier alpha value is -2.23. The van der Waals surface area contributed by atoms with Crippen LogP contribution in [0.4, 0.5) is 11.5 Å². The first-order chi connectivity index (χ1) is 9.24. The fraction of sp³-hybridized carbons (Fsp3) is 0.267. The maximum absolute atomic E-state index is 5.25. The van der Waals surface area contributed by atoms with Crippen molar-refractivity contribution in [1.82, 2.24) is 4.98 Å². The molecule has 1 aromatic carbocycles. The van der Waals surface area contributed by atoms with Crippen LogP contribution in [0.2, 0.25) is 0 Å². The third-order valence-corrected chi connectivity index (χ3v) is 3.03. The molecule has 4 heteroatoms. The van der Waals surface area contributed by atoms with E-state index in [1.54, 1.807) is 13.3 Å². The molecule has 2 rings (SSSR count). The van der Waals surface area contributed by atoms with E-state index in [-0.39, 0.29) is 0 Å². The Morgan fingerprint density at radius 3 is 2.84 bits per heavy atom. The number of ether oxygens (including phenoxy) is 1. The minimum absolute atomic E-state index is 0.789. The number of nitrogens with zero attached hydrogens (tertiary/aromatic N) is 2. The van der Waals surface area contributed by atoms with E-state index in [2.05, 4.69) is 34.4 Å². The first-order valence-electron chi connectivity index (χ1n) is 6.21. The van der Waals surface area contributed by atoms with Gasteiger partial charge in [0.2, 0.25) is 0 Å². The maximum atomic E-state index is 5.25. The number of aromatic nitrogens is 1. The zero-order chi connectivity index (χ0) is 13.7. The molecule has 2 aromatic rings. The highest BCUT2D eigenvalue weighted by Crippen LogP contribution is 2.22. The lowest BCUT2D eigenvalue weighted by Gasteiger charge is -2.21. The number of rotatable bonds is 5. The van der Waals surface area contributed by atoms with Crippen LogP contribution >= 0.6 is 0 Å². The van der Waals surface area contributed by atoms with Gasteiger partial charge in [0.15, 0.2) is 0 Å². The zero-order valence-electron chi connectivity index (χ0n) is 11.6. The van der Waals surface area contributed by atoms with E-state index in [0.717, 1.165) is 29.4 Å². The molecule has 0 atom stereocenters. The molecule has 0 aliphatic carbocycles. The number of benzene rings is 1. The molecule has 0 spiro atoms. The lowest BCUT2D eigenvalue weighted by molar-refractivity contribution is 0.415. The van der Waals surface area contributed by atoms with Crippen molar-refractivity contribution in [3.8, 4) is 5.75 Å². The van der Waals surface area contributed by atoms with Crippen LogP contribution in [0.1, 0.15) is 5.56 Å². The Kier molecular flexibility index (Phi) is 4.23. The Morgan fingerprint density at radius 1 is 1.26 bits per heavy atom. The lowest BCUT2D eigenvalue weighted by Crippen LogP contribution is -2.17. The summed E-state index contributed by atoms with van der Waals surface area (Å²) in [5.74, 6) is 1.78. The van der Waals surface area contributed by atoms with Gasteiger partial charge >= 0.3 is 0 Å². The third-order valence-electron chi connectivity index (χ3n) is 3.03. The SMILES string of the molecule is CNc1ncccc1CN(C)c1cccc(OC)c1. The van der Waals surface area contributed by atoms with Crippen molar-refractivity contribution in [2.75, 3.05) is 31.4 Å². The largest absolute Gasteiger partial charge is 0.497 e. The maximum Gasteiger partial charge on any atom is 0.130 e. The molecule has 0 unspecified atom stereocenters. The first kappa shape index (κ1) is 13.2. The van der Waals surface area contributed by atoms with E-state index in [0.29, 0.717) is 0 Å². The molecule has 0 saturated heterocycles. The highest BCUT2D eigenvalue weighted by atomic mass is 16.5. The second-order valence-corrected chi connectivity index (χ2v) is 4.32. The molecule has 1 heterocycles. The fourth-order valence-electron chi connectivity index (χ4n) is 1.99. The van der Waals surface area contributed by atoms with Crippen molar-refractivity contribution >= 4 is 11.5 Å². The van der Waals surface area contributed by atoms with Crippen LogP contribution in [-0.4, -0.2) is 26.2 Å². The van der Waals surface area contributed by atoms with Crippen molar-refractivity contribution < 1.29 is 4.74 Å². The van der Waals surface area contributed by atoms with Gasteiger partial charge in [-0.3, -0.25) is 0 Å². The summed E-state index contributed by atoms with van der Waals surface area (Å²) in [4.78, 5) is 6.48. The van der Waals surface area contributed by atoms with Gasteiger partial charge in [0.05, 0.1) is 7.11 Å². The molecule has 19 heavy (non-hydrogen) atoms. The Balaban J connectivity index is 2.18. The predicted octanol–water partition coefficient (Wildman–Crippen LogP) is 2.77. The van der Waals surface area contributed by atoms with Crippen molar-refractivity contribution in [1.29, 1.82) is 0 Å². The van der Waals surface area contributed by atoms with E-state index >= 15 is 0 Å². The summed E-state index contributed by atoms with van der Waals surface area (Å²) in [6, 6.07) is 12.1. The molecule has 0 fully saturated rings. The van der Waals surface area contributed by atoms with Crippen molar-refractivity contribution in [3.63, 3.8) is 0 Å². The molecule has 1 N–H and O–H groups in total. The Bertz CT molecular complexity index is 542. The van der Waals surface area contributed by atoms with Gasteiger partial charge in [-0.2, -0.15) is 0 Å². The van der Waals surface area contributed by atoms with Crippen LogP contribution in [-0.2, 0) is 6.54 Å². The van der Waals surface area contributed by atoms with E-state index in [1.807, 2.05) is 31.3 Å². The monoisotopic (exact) mass is 257 g/mol. The van der Waals surface area contributed by atoms with Gasteiger partial charge in [0.1, 0.15) is 11.6 Å². The number of anilines is 2. The van der Waals surface area contributed by atoms with Crippen LogP contribution in [0, 0.1) is 0 Å². The molecule has 1 aromatic heterocycles. The predicted molar refractivity (Wildman–Crippen MR) is 78.9 cm³/mol. The number of methoxy groups -OCH3 is 1. The van der Waals surface area contributed by atoms with Gasteiger partial charge in [-0.25, -0.2) is 4.98 Å². The van der Waals surface area contributed by atoms with Crippen molar-refractivity contribution in [3.05, 3.63) is 48.2 Å². The molecule has 4 nitrogen and oxygen atoms in total. The number of pyridine rings is 1.